The molecule has 0 radical (unpaired) electrons. The second-order valence-corrected chi connectivity index (χ2v) is 8.93. The topological polar surface area (TPSA) is 80.7 Å². The largest absolute Gasteiger partial charge is 0.444 e. The average Bonchev–Trinajstić information content (AvgIpc) is 2.67. The highest BCUT2D eigenvalue weighted by Crippen LogP contribution is 2.20. The van der Waals surface area contributed by atoms with Crippen LogP contribution in [-0.2, 0) is 4.74 Å². The number of halogens is 3. The fraction of sp³-hybridized carbons (Fsp3) is 0.400. The van der Waals surface area contributed by atoms with E-state index in [0.717, 1.165) is 0 Å². The summed E-state index contributed by atoms with van der Waals surface area (Å²) in [4.78, 5) is 15.6. The molecule has 1 aliphatic rings. The summed E-state index contributed by atoms with van der Waals surface area (Å²) in [7, 11) is 0. The molecular formula is C20H26BrClFN5O2. The number of hydrogen-bond acceptors (Lipinski definition) is 5. The molecule has 0 unspecified atom stereocenters. The quantitative estimate of drug-likeness (QED) is 0.401. The van der Waals surface area contributed by atoms with Crippen LogP contribution in [0.25, 0.3) is 0 Å². The Kier molecular flexibility index (Phi) is 8.14. The van der Waals surface area contributed by atoms with Crippen molar-refractivity contribution in [3.8, 4) is 0 Å². The average molecular weight is 503 g/mol. The van der Waals surface area contributed by atoms with Crippen LogP contribution in [0.4, 0.5) is 14.9 Å². The highest BCUT2D eigenvalue weighted by atomic mass is 79.9. The highest BCUT2D eigenvalue weighted by molar-refractivity contribution is 9.12. The molecule has 0 saturated carbocycles. The third-order valence-corrected chi connectivity index (χ3v) is 4.96. The van der Waals surface area contributed by atoms with Gasteiger partial charge >= 0.3 is 6.09 Å². The van der Waals surface area contributed by atoms with Gasteiger partial charge in [0.1, 0.15) is 17.3 Å². The van der Waals surface area contributed by atoms with Crippen LogP contribution in [0, 0.1) is 11.2 Å². The first-order valence-corrected chi connectivity index (χ1v) is 10.5. The van der Waals surface area contributed by atoms with Crippen LogP contribution >= 0.6 is 27.5 Å². The Bertz CT molecular complexity index is 848. The summed E-state index contributed by atoms with van der Waals surface area (Å²) >= 11 is 9.15. The molecule has 164 valence electrons. The lowest BCUT2D eigenvalue weighted by Gasteiger charge is -2.36. The van der Waals surface area contributed by atoms with Gasteiger partial charge in [-0.2, -0.15) is 0 Å². The molecule has 1 heterocycles. The van der Waals surface area contributed by atoms with Gasteiger partial charge in [-0.3, -0.25) is 5.41 Å². The first-order chi connectivity index (χ1) is 14.0. The Morgan fingerprint density at radius 1 is 1.30 bits per heavy atom. The molecule has 1 aromatic carbocycles. The van der Waals surface area contributed by atoms with Gasteiger partial charge in [-0.25, -0.2) is 9.18 Å². The van der Waals surface area contributed by atoms with E-state index in [9.17, 15) is 9.18 Å². The second kappa shape index (κ2) is 10.2. The van der Waals surface area contributed by atoms with Gasteiger partial charge in [0.15, 0.2) is 0 Å². The molecule has 0 aliphatic carbocycles. The molecule has 1 amide bonds. The minimum atomic E-state index is -0.534. The number of nitrogens with one attached hydrogen (secondary N) is 3. The molecule has 1 aliphatic heterocycles. The Morgan fingerprint density at radius 2 is 1.90 bits per heavy atom. The zero-order valence-corrected chi connectivity index (χ0v) is 19.5. The third-order valence-electron chi connectivity index (χ3n) is 4.06. The molecule has 0 spiro atoms. The summed E-state index contributed by atoms with van der Waals surface area (Å²) in [5.74, 6) is 0.213. The van der Waals surface area contributed by atoms with E-state index in [4.69, 9.17) is 21.7 Å². The number of benzene rings is 1. The van der Waals surface area contributed by atoms with E-state index in [0.29, 0.717) is 42.2 Å². The fourth-order valence-corrected chi connectivity index (χ4v) is 3.14. The predicted octanol–water partition coefficient (Wildman–Crippen LogP) is 4.72. The normalized spacial score (nSPS) is 14.9. The number of piperazine rings is 1. The van der Waals surface area contributed by atoms with E-state index in [1.165, 1.54) is 12.1 Å². The molecule has 1 fully saturated rings. The van der Waals surface area contributed by atoms with Crippen molar-refractivity contribution in [3.63, 3.8) is 0 Å². The Morgan fingerprint density at radius 3 is 2.47 bits per heavy atom. The van der Waals surface area contributed by atoms with Crippen molar-refractivity contribution < 1.29 is 13.9 Å². The molecule has 0 aromatic heterocycles. The number of amidine groups is 1. The minimum absolute atomic E-state index is 0.0109. The summed E-state index contributed by atoms with van der Waals surface area (Å²) in [5.41, 5.74) is 0.0466. The number of rotatable bonds is 5. The molecule has 3 N–H and O–H groups in total. The van der Waals surface area contributed by atoms with Gasteiger partial charge in [-0.15, -0.1) is 0 Å². The van der Waals surface area contributed by atoms with Gasteiger partial charge in [-0.05, 0) is 54.9 Å². The van der Waals surface area contributed by atoms with Gasteiger partial charge in [-0.1, -0.05) is 18.2 Å². The summed E-state index contributed by atoms with van der Waals surface area (Å²) in [6.07, 6.45) is 1.25. The van der Waals surface area contributed by atoms with Gasteiger partial charge in [0, 0.05) is 38.1 Å². The molecule has 7 nitrogen and oxygen atoms in total. The fourth-order valence-electron chi connectivity index (χ4n) is 2.59. The lowest BCUT2D eigenvalue weighted by atomic mass is 10.2. The SMILES string of the molecule is C=C(NC=C(Br)C(=N)N1CCN(C(=O)OC(C)(C)C)CC1)Nc1ccc(F)c(Cl)c1. The van der Waals surface area contributed by atoms with Crippen LogP contribution in [0.3, 0.4) is 0 Å². The number of carbonyl (C=O) groups excluding carboxylic acids is 1. The van der Waals surface area contributed by atoms with E-state index in [2.05, 4.69) is 33.1 Å². The van der Waals surface area contributed by atoms with Crippen LogP contribution in [0.15, 0.2) is 41.3 Å². The zero-order valence-electron chi connectivity index (χ0n) is 17.2. The first kappa shape index (κ1) is 24.0. The predicted molar refractivity (Wildman–Crippen MR) is 121 cm³/mol. The van der Waals surface area contributed by atoms with Crippen molar-refractivity contribution >= 4 is 45.1 Å². The van der Waals surface area contributed by atoms with E-state index in [-0.39, 0.29) is 17.0 Å². The summed E-state index contributed by atoms with van der Waals surface area (Å²) < 4.78 is 19.1. The van der Waals surface area contributed by atoms with Crippen LogP contribution in [0.2, 0.25) is 5.02 Å². The summed E-state index contributed by atoms with van der Waals surface area (Å²) in [6.45, 7) is 11.3. The lowest BCUT2D eigenvalue weighted by Crippen LogP contribution is -2.51. The number of carbonyl (C=O) groups is 1. The summed E-state index contributed by atoms with van der Waals surface area (Å²) in [5, 5.41) is 14.3. The van der Waals surface area contributed by atoms with E-state index >= 15 is 0 Å². The van der Waals surface area contributed by atoms with Crippen LogP contribution < -0.4 is 10.6 Å². The molecule has 30 heavy (non-hydrogen) atoms. The smallest absolute Gasteiger partial charge is 0.410 e. The molecule has 1 aromatic rings. The number of nitrogens with zero attached hydrogens (tertiary/aromatic N) is 2. The van der Waals surface area contributed by atoms with Crippen LogP contribution in [-0.4, -0.2) is 53.5 Å². The number of ether oxygens (including phenoxy) is 1. The Labute approximate surface area is 189 Å². The molecule has 2 rings (SSSR count). The second-order valence-electron chi connectivity index (χ2n) is 7.67. The van der Waals surface area contributed by atoms with Crippen LogP contribution in [0.1, 0.15) is 20.8 Å². The van der Waals surface area contributed by atoms with Gasteiger partial charge in [0.25, 0.3) is 0 Å². The van der Waals surface area contributed by atoms with Gasteiger partial charge in [0.05, 0.1) is 15.3 Å². The maximum atomic E-state index is 13.2. The van der Waals surface area contributed by atoms with E-state index in [1.807, 2.05) is 25.7 Å². The molecule has 10 heteroatoms. The summed E-state index contributed by atoms with van der Waals surface area (Å²) in [6, 6.07) is 4.25. The molecule has 0 atom stereocenters. The maximum absolute atomic E-state index is 13.2. The molecule has 0 bridgehead atoms. The zero-order chi connectivity index (χ0) is 22.5. The highest BCUT2D eigenvalue weighted by Gasteiger charge is 2.27. The van der Waals surface area contributed by atoms with Gasteiger partial charge in [0.2, 0.25) is 0 Å². The number of amides is 1. The van der Waals surface area contributed by atoms with Crippen LogP contribution in [0.5, 0.6) is 0 Å². The minimum Gasteiger partial charge on any atom is -0.444 e. The molecule has 1 saturated heterocycles. The van der Waals surface area contributed by atoms with Crippen molar-refractivity contribution in [3.05, 3.63) is 52.1 Å². The Balaban J connectivity index is 1.83. The lowest BCUT2D eigenvalue weighted by molar-refractivity contribution is 0.0187. The van der Waals surface area contributed by atoms with Crippen molar-refractivity contribution in [2.75, 3.05) is 31.5 Å². The van der Waals surface area contributed by atoms with Crippen molar-refractivity contribution in [2.24, 2.45) is 0 Å². The van der Waals surface area contributed by atoms with Crippen molar-refractivity contribution in [1.82, 2.24) is 15.1 Å². The first-order valence-electron chi connectivity index (χ1n) is 9.31. The van der Waals surface area contributed by atoms with E-state index < -0.39 is 11.4 Å². The number of hydrogen-bond donors (Lipinski definition) is 3. The third kappa shape index (κ3) is 7.21. The molecular weight excluding hydrogens is 477 g/mol. The van der Waals surface area contributed by atoms with E-state index in [1.54, 1.807) is 17.2 Å². The Hall–Kier alpha value is -2.26. The van der Waals surface area contributed by atoms with Crippen molar-refractivity contribution in [1.29, 1.82) is 5.41 Å². The van der Waals surface area contributed by atoms with Gasteiger partial charge < -0.3 is 25.2 Å². The maximum Gasteiger partial charge on any atom is 0.410 e. The van der Waals surface area contributed by atoms with Crippen molar-refractivity contribution in [2.45, 2.75) is 26.4 Å². The number of anilines is 1. The monoisotopic (exact) mass is 501 g/mol. The standard InChI is InChI=1S/C20H26BrClFN5O2/c1-13(26-14-5-6-17(23)16(22)11-14)25-12-15(21)18(24)27-7-9-28(10-8-27)19(29)30-20(2,3)4/h5-6,11-12,24-26H,1,7-10H2,2-4H3.